The summed E-state index contributed by atoms with van der Waals surface area (Å²) in [6.45, 7) is 10.5. The van der Waals surface area contributed by atoms with Crippen molar-refractivity contribution in [3.8, 4) is 0 Å². The summed E-state index contributed by atoms with van der Waals surface area (Å²) in [6.07, 6.45) is 18.3. The van der Waals surface area contributed by atoms with E-state index in [4.69, 9.17) is 0 Å². The van der Waals surface area contributed by atoms with E-state index in [2.05, 4.69) is 33.0 Å². The van der Waals surface area contributed by atoms with Crippen molar-refractivity contribution in [1.82, 2.24) is 5.32 Å². The highest BCUT2D eigenvalue weighted by molar-refractivity contribution is 4.69. The van der Waals surface area contributed by atoms with E-state index in [-0.39, 0.29) is 0 Å². The third-order valence-electron chi connectivity index (χ3n) is 4.72. The Labute approximate surface area is 135 Å². The van der Waals surface area contributed by atoms with Gasteiger partial charge in [0.15, 0.2) is 0 Å². The van der Waals surface area contributed by atoms with Gasteiger partial charge < -0.3 is 5.32 Å². The molecule has 128 valence electrons. The molecule has 0 aliphatic heterocycles. The van der Waals surface area contributed by atoms with E-state index in [0.717, 1.165) is 12.0 Å². The molecule has 0 aliphatic rings. The van der Waals surface area contributed by atoms with E-state index in [9.17, 15) is 0 Å². The molecule has 0 bridgehead atoms. The van der Waals surface area contributed by atoms with E-state index >= 15 is 0 Å². The molecular weight excluding hydrogens is 254 g/mol. The van der Waals surface area contributed by atoms with Crippen molar-refractivity contribution in [1.29, 1.82) is 0 Å². The number of hydrogen-bond acceptors (Lipinski definition) is 1. The molecule has 0 fully saturated rings. The van der Waals surface area contributed by atoms with Crippen molar-refractivity contribution < 1.29 is 0 Å². The van der Waals surface area contributed by atoms with Gasteiger partial charge in [-0.1, -0.05) is 91.9 Å². The summed E-state index contributed by atoms with van der Waals surface area (Å²) in [7, 11) is 0. The lowest BCUT2D eigenvalue weighted by Crippen LogP contribution is -2.31. The number of unbranched alkanes of at least 4 members (excludes halogenated alkanes) is 8. The smallest absolute Gasteiger partial charge is 0.00695 e. The van der Waals surface area contributed by atoms with Crippen molar-refractivity contribution in [2.75, 3.05) is 6.54 Å². The summed E-state index contributed by atoms with van der Waals surface area (Å²) in [5.74, 6) is 0.873. The van der Waals surface area contributed by atoms with Gasteiger partial charge in [0.1, 0.15) is 0 Å². The second-order valence-corrected chi connectivity index (χ2v) is 7.02. The fourth-order valence-electron chi connectivity index (χ4n) is 3.01. The van der Waals surface area contributed by atoms with Crippen LogP contribution in [0.5, 0.6) is 0 Å². The van der Waals surface area contributed by atoms with Crippen LogP contribution < -0.4 is 5.32 Å². The van der Waals surface area contributed by atoms with E-state index in [0.29, 0.717) is 0 Å². The molecule has 0 heterocycles. The zero-order valence-electron chi connectivity index (χ0n) is 15.6. The fraction of sp³-hybridized carbons (Fsp3) is 1.00. The van der Waals surface area contributed by atoms with Crippen LogP contribution in [-0.4, -0.2) is 12.6 Å². The second kappa shape index (κ2) is 16.3. The lowest BCUT2D eigenvalue weighted by atomic mass is 9.95. The summed E-state index contributed by atoms with van der Waals surface area (Å²) < 4.78 is 0. The van der Waals surface area contributed by atoms with Crippen molar-refractivity contribution in [3.05, 3.63) is 0 Å². The predicted octanol–water partition coefficient (Wildman–Crippen LogP) is 6.71. The lowest BCUT2D eigenvalue weighted by molar-refractivity contribution is 0.366. The maximum atomic E-state index is 3.76. The van der Waals surface area contributed by atoms with Crippen LogP contribution in [-0.2, 0) is 0 Å². The molecule has 1 heteroatoms. The van der Waals surface area contributed by atoms with Crippen LogP contribution in [0.4, 0.5) is 0 Å². The second-order valence-electron chi connectivity index (χ2n) is 7.02. The van der Waals surface area contributed by atoms with Gasteiger partial charge in [0.2, 0.25) is 0 Å². The van der Waals surface area contributed by atoms with Crippen LogP contribution in [0.25, 0.3) is 0 Å². The van der Waals surface area contributed by atoms with E-state index in [1.165, 1.54) is 90.0 Å². The Balaban J connectivity index is 3.53. The average molecular weight is 298 g/mol. The van der Waals surface area contributed by atoms with E-state index in [1.54, 1.807) is 0 Å². The van der Waals surface area contributed by atoms with Gasteiger partial charge >= 0.3 is 0 Å². The minimum absolute atomic E-state index is 0.768. The van der Waals surface area contributed by atoms with Crippen LogP contribution in [0, 0.1) is 5.92 Å². The van der Waals surface area contributed by atoms with Crippen LogP contribution >= 0.6 is 0 Å². The highest BCUT2D eigenvalue weighted by atomic mass is 14.9. The molecule has 0 amide bonds. The summed E-state index contributed by atoms with van der Waals surface area (Å²) in [6, 6.07) is 0.768. The summed E-state index contributed by atoms with van der Waals surface area (Å²) in [5.41, 5.74) is 0. The number of rotatable bonds is 16. The quantitative estimate of drug-likeness (QED) is 0.312. The first-order valence-electron chi connectivity index (χ1n) is 9.97. The highest BCUT2D eigenvalue weighted by Crippen LogP contribution is 2.16. The normalized spacial score (nSPS) is 14.3. The minimum atomic E-state index is 0.768. The van der Waals surface area contributed by atoms with Crippen molar-refractivity contribution >= 4 is 0 Å². The zero-order chi connectivity index (χ0) is 15.8. The largest absolute Gasteiger partial charge is 0.314 e. The fourth-order valence-corrected chi connectivity index (χ4v) is 3.01. The molecule has 0 aromatic rings. The van der Waals surface area contributed by atoms with Crippen LogP contribution in [0.15, 0.2) is 0 Å². The Hall–Kier alpha value is -0.0400. The number of nitrogens with one attached hydrogen (secondary N) is 1. The summed E-state index contributed by atoms with van der Waals surface area (Å²) in [4.78, 5) is 0. The number of hydrogen-bond donors (Lipinski definition) is 1. The molecular formula is C20H43N. The molecule has 0 aromatic heterocycles. The summed E-state index contributed by atoms with van der Waals surface area (Å²) in [5, 5.41) is 3.76. The van der Waals surface area contributed by atoms with Gasteiger partial charge in [-0.05, 0) is 31.7 Å². The molecule has 0 aliphatic carbocycles. The molecule has 0 saturated carbocycles. The van der Waals surface area contributed by atoms with Crippen molar-refractivity contribution in [2.45, 2.75) is 117 Å². The predicted molar refractivity (Wildman–Crippen MR) is 98.0 cm³/mol. The minimum Gasteiger partial charge on any atom is -0.314 e. The van der Waals surface area contributed by atoms with Crippen LogP contribution in [0.2, 0.25) is 0 Å². The molecule has 0 aromatic carbocycles. The molecule has 2 atom stereocenters. The Bertz CT molecular complexity index is 190. The van der Waals surface area contributed by atoms with Gasteiger partial charge in [0.05, 0.1) is 0 Å². The highest BCUT2D eigenvalue weighted by Gasteiger charge is 2.11. The molecule has 2 unspecified atom stereocenters. The third-order valence-corrected chi connectivity index (χ3v) is 4.72. The van der Waals surface area contributed by atoms with Crippen LogP contribution in [0.1, 0.15) is 111 Å². The lowest BCUT2D eigenvalue weighted by Gasteiger charge is -2.21. The van der Waals surface area contributed by atoms with Crippen LogP contribution in [0.3, 0.4) is 0 Å². The molecule has 1 N–H and O–H groups in total. The summed E-state index contributed by atoms with van der Waals surface area (Å²) >= 11 is 0. The monoisotopic (exact) mass is 297 g/mol. The van der Waals surface area contributed by atoms with E-state index in [1.807, 2.05) is 0 Å². The molecule has 0 spiro atoms. The van der Waals surface area contributed by atoms with Gasteiger partial charge in [-0.15, -0.1) is 0 Å². The molecule has 0 rings (SSSR count). The first-order valence-corrected chi connectivity index (χ1v) is 9.97. The maximum absolute atomic E-state index is 3.76. The van der Waals surface area contributed by atoms with Crippen molar-refractivity contribution in [3.63, 3.8) is 0 Å². The Kier molecular flexibility index (Phi) is 16.3. The molecule has 21 heavy (non-hydrogen) atoms. The first kappa shape index (κ1) is 21.0. The third kappa shape index (κ3) is 14.7. The Morgan fingerprint density at radius 3 is 1.81 bits per heavy atom. The maximum Gasteiger partial charge on any atom is 0.00695 e. The molecule has 1 nitrogen and oxygen atoms in total. The van der Waals surface area contributed by atoms with Gasteiger partial charge in [0, 0.05) is 6.04 Å². The Morgan fingerprint density at radius 2 is 1.29 bits per heavy atom. The van der Waals surface area contributed by atoms with Gasteiger partial charge in [-0.25, -0.2) is 0 Å². The zero-order valence-corrected chi connectivity index (χ0v) is 15.6. The topological polar surface area (TPSA) is 12.0 Å². The molecule has 0 radical (unpaired) electrons. The van der Waals surface area contributed by atoms with Crippen molar-refractivity contribution in [2.24, 2.45) is 5.92 Å². The van der Waals surface area contributed by atoms with E-state index < -0.39 is 0 Å². The average Bonchev–Trinajstić information content (AvgIpc) is 2.50. The van der Waals surface area contributed by atoms with Gasteiger partial charge in [-0.2, -0.15) is 0 Å². The van der Waals surface area contributed by atoms with Gasteiger partial charge in [0.25, 0.3) is 0 Å². The SMILES string of the molecule is CCCCCCCCCCCC(CC(C)CC)NCCC. The van der Waals surface area contributed by atoms with Gasteiger partial charge in [-0.3, -0.25) is 0 Å². The molecule has 0 saturated heterocycles. The first-order chi connectivity index (χ1) is 10.2. The standard InChI is InChI=1S/C20H43N/c1-5-8-9-10-11-12-13-14-15-16-20(21-17-6-2)18-19(4)7-3/h19-21H,5-18H2,1-4H3. The Morgan fingerprint density at radius 1 is 0.714 bits per heavy atom.